The third-order valence-electron chi connectivity index (χ3n) is 0.268. The average molecular weight is 228 g/mol. The van der Waals surface area contributed by atoms with Crippen molar-refractivity contribution in [2.24, 2.45) is 0 Å². The summed E-state index contributed by atoms with van der Waals surface area (Å²) in [7, 11) is 0. The van der Waals surface area contributed by atoms with Crippen LogP contribution < -0.4 is 0 Å². The molecule has 41 valence electrons. The second kappa shape index (κ2) is 6.67. The van der Waals surface area contributed by atoms with Crippen molar-refractivity contribution in [1.82, 2.24) is 0 Å². The molecule has 0 aliphatic heterocycles. The predicted molar refractivity (Wildman–Crippen MR) is 32.1 cm³/mol. The molecule has 0 aromatic heterocycles. The molecular formula is C3H6O2SSb. The van der Waals surface area contributed by atoms with Crippen molar-refractivity contribution < 1.29 is 6.03 Å². The first-order valence-electron chi connectivity index (χ1n) is 1.83. The summed E-state index contributed by atoms with van der Waals surface area (Å²) in [4.78, 5) is 0. The van der Waals surface area contributed by atoms with E-state index >= 15 is 0 Å². The van der Waals surface area contributed by atoms with Crippen LogP contribution in [-0.2, 0) is 6.03 Å². The quantitative estimate of drug-likeness (QED) is 0.397. The SMILES string of the molecule is CC[O][Sb][O]C=S. The van der Waals surface area contributed by atoms with Crippen molar-refractivity contribution in [2.75, 3.05) is 6.61 Å². The molecule has 0 fully saturated rings. The maximum atomic E-state index is 4.90. The van der Waals surface area contributed by atoms with E-state index in [4.69, 9.17) is 6.03 Å². The third-order valence-corrected chi connectivity index (χ3v) is 2.37. The Kier molecular flexibility index (Phi) is 7.30. The van der Waals surface area contributed by atoms with Gasteiger partial charge in [0.2, 0.25) is 0 Å². The van der Waals surface area contributed by atoms with Crippen molar-refractivity contribution in [2.45, 2.75) is 6.92 Å². The molecule has 0 heterocycles. The van der Waals surface area contributed by atoms with Crippen LogP contribution in [0.15, 0.2) is 0 Å². The van der Waals surface area contributed by atoms with E-state index in [9.17, 15) is 0 Å². The zero-order valence-corrected chi connectivity index (χ0v) is 7.33. The Morgan fingerprint density at radius 3 is 3.00 bits per heavy atom. The van der Waals surface area contributed by atoms with Gasteiger partial charge in [-0.25, -0.2) is 0 Å². The number of thiocarbonyl (C=S) groups is 1. The Morgan fingerprint density at radius 2 is 2.57 bits per heavy atom. The first-order chi connectivity index (χ1) is 3.41. The van der Waals surface area contributed by atoms with Gasteiger partial charge in [-0.05, 0) is 0 Å². The van der Waals surface area contributed by atoms with E-state index in [0.29, 0.717) is 0 Å². The molecule has 0 aromatic rings. The summed E-state index contributed by atoms with van der Waals surface area (Å²) in [6.07, 6.45) is 0. The molecule has 1 radical (unpaired) electrons. The zero-order valence-electron chi connectivity index (χ0n) is 3.96. The summed E-state index contributed by atoms with van der Waals surface area (Å²) in [6, 6.07) is 0. The number of hydrogen-bond donors (Lipinski definition) is 0. The molecule has 2 nitrogen and oxygen atoms in total. The molecule has 7 heavy (non-hydrogen) atoms. The number of hydrogen-bond acceptors (Lipinski definition) is 3. The van der Waals surface area contributed by atoms with E-state index in [-0.39, 0.29) is 0 Å². The van der Waals surface area contributed by atoms with E-state index in [1.807, 2.05) is 6.92 Å². The van der Waals surface area contributed by atoms with Gasteiger partial charge in [-0.2, -0.15) is 0 Å². The van der Waals surface area contributed by atoms with E-state index in [2.05, 4.69) is 12.2 Å². The van der Waals surface area contributed by atoms with E-state index in [1.54, 1.807) is 0 Å². The van der Waals surface area contributed by atoms with Gasteiger partial charge in [-0.1, -0.05) is 0 Å². The van der Waals surface area contributed by atoms with Crippen LogP contribution in [0.3, 0.4) is 0 Å². The molecule has 0 spiro atoms. The minimum absolute atomic E-state index is 0.736. The predicted octanol–water partition coefficient (Wildman–Crippen LogP) is 0.531. The molecule has 0 amide bonds. The van der Waals surface area contributed by atoms with Gasteiger partial charge in [-0.15, -0.1) is 0 Å². The fourth-order valence-corrected chi connectivity index (χ4v) is 0.911. The molecule has 0 bridgehead atoms. The van der Waals surface area contributed by atoms with Crippen LogP contribution >= 0.6 is 12.2 Å². The van der Waals surface area contributed by atoms with Crippen LogP contribution in [0.1, 0.15) is 6.92 Å². The zero-order chi connectivity index (χ0) is 5.54. The van der Waals surface area contributed by atoms with Crippen molar-refractivity contribution in [3.8, 4) is 0 Å². The van der Waals surface area contributed by atoms with Gasteiger partial charge in [0.15, 0.2) is 0 Å². The van der Waals surface area contributed by atoms with Gasteiger partial charge in [0.25, 0.3) is 0 Å². The van der Waals surface area contributed by atoms with Gasteiger partial charge < -0.3 is 0 Å². The third kappa shape index (κ3) is 6.67. The van der Waals surface area contributed by atoms with Crippen LogP contribution in [0.4, 0.5) is 0 Å². The van der Waals surface area contributed by atoms with Gasteiger partial charge in [0, 0.05) is 0 Å². The van der Waals surface area contributed by atoms with E-state index in [0.717, 1.165) is 6.61 Å². The first-order valence-corrected chi connectivity index (χ1v) is 4.39. The molecule has 0 aliphatic carbocycles. The second-order valence-corrected chi connectivity index (χ2v) is 2.65. The van der Waals surface area contributed by atoms with Crippen molar-refractivity contribution in [3.63, 3.8) is 0 Å². The van der Waals surface area contributed by atoms with Crippen molar-refractivity contribution in [3.05, 3.63) is 0 Å². The Morgan fingerprint density at radius 1 is 1.86 bits per heavy atom. The Bertz CT molecular complexity index is 50.2. The molecule has 0 aliphatic rings. The van der Waals surface area contributed by atoms with Gasteiger partial charge >= 0.3 is 59.8 Å². The van der Waals surface area contributed by atoms with Crippen LogP contribution in [0.25, 0.3) is 0 Å². The monoisotopic (exact) mass is 227 g/mol. The van der Waals surface area contributed by atoms with Gasteiger partial charge in [0.1, 0.15) is 0 Å². The summed E-state index contributed by atoms with van der Waals surface area (Å²) < 4.78 is 9.60. The fourth-order valence-electron chi connectivity index (χ4n) is 0.101. The molecule has 4 heteroatoms. The maximum absolute atomic E-state index is 4.90. The molecule has 0 rings (SSSR count). The molecule has 0 saturated heterocycles. The summed E-state index contributed by atoms with van der Waals surface area (Å²) in [5, 5.41) is 0. The van der Waals surface area contributed by atoms with Gasteiger partial charge in [-0.3, -0.25) is 0 Å². The molecule has 0 atom stereocenters. The standard InChI is InChI=1S/C2H5O.CH2OS.Sb/c1-2-3;2-1-3;/h2H2,1H3;1H,(H,2,3);/q-1;;+2/p-1. The fraction of sp³-hybridized carbons (Fsp3) is 0.667. The first kappa shape index (κ1) is 7.67. The normalized spacial score (nSPS) is 8.14. The van der Waals surface area contributed by atoms with E-state index in [1.165, 1.54) is 5.55 Å². The summed E-state index contributed by atoms with van der Waals surface area (Å²) in [5.41, 5.74) is 1.26. The number of rotatable bonds is 4. The summed E-state index contributed by atoms with van der Waals surface area (Å²) >= 11 is 3.55. The Hall–Kier alpha value is 0.668. The molecule has 0 aromatic carbocycles. The average Bonchev–Trinajstić information content (AvgIpc) is 1.69. The van der Waals surface area contributed by atoms with Crippen LogP contribution in [0, 0.1) is 0 Å². The van der Waals surface area contributed by atoms with Crippen LogP contribution in [0.2, 0.25) is 0 Å². The second-order valence-electron chi connectivity index (χ2n) is 0.694. The Labute approximate surface area is 59.8 Å². The summed E-state index contributed by atoms with van der Waals surface area (Å²) in [5.74, 6) is 0. The summed E-state index contributed by atoms with van der Waals surface area (Å²) in [6.45, 7) is 2.67. The van der Waals surface area contributed by atoms with Crippen molar-refractivity contribution >= 4 is 40.2 Å². The van der Waals surface area contributed by atoms with E-state index < -0.39 is 22.5 Å². The molecule has 0 unspecified atom stereocenters. The molecule has 0 N–H and O–H groups in total. The van der Waals surface area contributed by atoms with Gasteiger partial charge in [0.05, 0.1) is 0 Å². The molecular weight excluding hydrogens is 222 g/mol. The topological polar surface area (TPSA) is 18.5 Å². The Balaban J connectivity index is 2.56. The minimum atomic E-state index is -0.831. The van der Waals surface area contributed by atoms with Crippen molar-refractivity contribution in [1.29, 1.82) is 0 Å². The molecule has 0 saturated carbocycles. The van der Waals surface area contributed by atoms with Crippen LogP contribution in [-0.4, -0.2) is 34.6 Å². The van der Waals surface area contributed by atoms with Crippen LogP contribution in [0.5, 0.6) is 0 Å².